The molecule has 1 atom stereocenters. The van der Waals surface area contributed by atoms with Crippen molar-refractivity contribution in [3.05, 3.63) is 65.2 Å². The lowest BCUT2D eigenvalue weighted by Gasteiger charge is -2.14. The molecule has 0 bridgehead atoms. The highest BCUT2D eigenvalue weighted by molar-refractivity contribution is 5.51. The topological polar surface area (TPSA) is 46.2 Å². The average Bonchev–Trinajstić information content (AvgIpc) is 2.32. The predicted molar refractivity (Wildman–Crippen MR) is 61.3 cm³/mol. The summed E-state index contributed by atoms with van der Waals surface area (Å²) < 4.78 is 26.7. The molecule has 0 fully saturated rings. The quantitative estimate of drug-likeness (QED) is 0.786. The van der Waals surface area contributed by atoms with Crippen molar-refractivity contribution in [1.29, 1.82) is 0 Å². The van der Waals surface area contributed by atoms with Crippen LogP contribution in [0.15, 0.2) is 42.5 Å². The van der Waals surface area contributed by atoms with Gasteiger partial charge >= 0.3 is 0 Å². The number of halogens is 2. The van der Waals surface area contributed by atoms with Gasteiger partial charge in [-0.1, -0.05) is 30.3 Å². The standard InChI is InChI=1S/C13H11F2NO/c14-10-6-2-1-4-8(10)13(17)9-5-3-7-11(15)12(9)16/h1-7,13,17H,16H2. The number of nitrogens with two attached hydrogens (primary N) is 1. The van der Waals surface area contributed by atoms with Crippen LogP contribution in [0.2, 0.25) is 0 Å². The molecule has 17 heavy (non-hydrogen) atoms. The van der Waals surface area contributed by atoms with E-state index in [1.165, 1.54) is 36.4 Å². The molecule has 0 aliphatic heterocycles. The fourth-order valence-electron chi connectivity index (χ4n) is 1.66. The molecule has 0 amide bonds. The summed E-state index contributed by atoms with van der Waals surface area (Å²) in [5.41, 5.74) is 5.59. The summed E-state index contributed by atoms with van der Waals surface area (Å²) in [6.07, 6.45) is -1.27. The maximum atomic E-state index is 13.5. The fraction of sp³-hybridized carbons (Fsp3) is 0.0769. The number of para-hydroxylation sites is 1. The zero-order chi connectivity index (χ0) is 12.4. The number of anilines is 1. The minimum Gasteiger partial charge on any atom is -0.396 e. The Morgan fingerprint density at radius 3 is 2.18 bits per heavy atom. The van der Waals surface area contributed by atoms with Gasteiger partial charge in [0.2, 0.25) is 0 Å². The van der Waals surface area contributed by atoms with Gasteiger partial charge in [0.05, 0.1) is 5.69 Å². The van der Waals surface area contributed by atoms with E-state index in [0.29, 0.717) is 0 Å². The van der Waals surface area contributed by atoms with Gasteiger partial charge in [0.1, 0.15) is 17.7 Å². The molecule has 0 heterocycles. The number of benzene rings is 2. The van der Waals surface area contributed by atoms with Crippen molar-refractivity contribution in [2.45, 2.75) is 6.10 Å². The third-order valence-electron chi connectivity index (χ3n) is 2.58. The minimum absolute atomic E-state index is 0.0739. The van der Waals surface area contributed by atoms with E-state index in [1.807, 2.05) is 0 Å². The van der Waals surface area contributed by atoms with Crippen molar-refractivity contribution >= 4 is 5.69 Å². The van der Waals surface area contributed by atoms with Crippen LogP contribution in [0.3, 0.4) is 0 Å². The zero-order valence-corrected chi connectivity index (χ0v) is 8.90. The maximum absolute atomic E-state index is 13.5. The Labute approximate surface area is 97.3 Å². The van der Waals surface area contributed by atoms with Gasteiger partial charge in [-0.2, -0.15) is 0 Å². The van der Waals surface area contributed by atoms with Crippen LogP contribution in [0.4, 0.5) is 14.5 Å². The van der Waals surface area contributed by atoms with Gasteiger partial charge < -0.3 is 10.8 Å². The Morgan fingerprint density at radius 1 is 0.882 bits per heavy atom. The molecule has 1 unspecified atom stereocenters. The summed E-state index contributed by atoms with van der Waals surface area (Å²) in [6, 6.07) is 9.85. The molecule has 3 N–H and O–H groups in total. The van der Waals surface area contributed by atoms with Crippen LogP contribution < -0.4 is 5.73 Å². The van der Waals surface area contributed by atoms with Gasteiger partial charge in [-0.15, -0.1) is 0 Å². The number of hydrogen-bond acceptors (Lipinski definition) is 2. The minimum atomic E-state index is -1.27. The van der Waals surface area contributed by atoms with E-state index in [0.717, 1.165) is 0 Å². The molecule has 0 saturated carbocycles. The summed E-state index contributed by atoms with van der Waals surface area (Å²) in [6.45, 7) is 0. The van der Waals surface area contributed by atoms with Crippen molar-refractivity contribution in [3.8, 4) is 0 Å². The Kier molecular flexibility index (Phi) is 3.06. The molecule has 2 aromatic rings. The first kappa shape index (κ1) is 11.5. The summed E-state index contributed by atoms with van der Waals surface area (Å²) in [7, 11) is 0. The van der Waals surface area contributed by atoms with Crippen molar-refractivity contribution in [2.24, 2.45) is 0 Å². The molecule has 0 radical (unpaired) electrons. The lowest BCUT2D eigenvalue weighted by Crippen LogP contribution is -2.07. The van der Waals surface area contributed by atoms with Crippen LogP contribution in [0.1, 0.15) is 17.2 Å². The van der Waals surface area contributed by atoms with E-state index < -0.39 is 17.7 Å². The molecular formula is C13H11F2NO. The van der Waals surface area contributed by atoms with Gasteiger partial charge in [0.25, 0.3) is 0 Å². The third kappa shape index (κ3) is 2.12. The fourth-order valence-corrected chi connectivity index (χ4v) is 1.66. The van der Waals surface area contributed by atoms with E-state index in [4.69, 9.17) is 5.73 Å². The second-order valence-corrected chi connectivity index (χ2v) is 3.67. The molecule has 2 aromatic carbocycles. The lowest BCUT2D eigenvalue weighted by molar-refractivity contribution is 0.215. The predicted octanol–water partition coefficient (Wildman–Crippen LogP) is 2.63. The van der Waals surface area contributed by atoms with E-state index in [-0.39, 0.29) is 16.8 Å². The lowest BCUT2D eigenvalue weighted by atomic mass is 9.99. The first-order valence-corrected chi connectivity index (χ1v) is 5.07. The summed E-state index contributed by atoms with van der Waals surface area (Å²) in [4.78, 5) is 0. The SMILES string of the molecule is Nc1c(F)cccc1C(O)c1ccccc1F. The molecule has 0 aliphatic carbocycles. The van der Waals surface area contributed by atoms with Gasteiger partial charge in [-0.05, 0) is 12.1 Å². The van der Waals surface area contributed by atoms with Crippen molar-refractivity contribution in [2.75, 3.05) is 5.73 Å². The van der Waals surface area contributed by atoms with Crippen LogP contribution in [-0.2, 0) is 0 Å². The van der Waals surface area contributed by atoms with Crippen LogP contribution in [0, 0.1) is 11.6 Å². The summed E-state index contributed by atoms with van der Waals surface area (Å²) in [5.74, 6) is -1.18. The molecule has 0 aromatic heterocycles. The monoisotopic (exact) mass is 235 g/mol. The zero-order valence-electron chi connectivity index (χ0n) is 8.90. The van der Waals surface area contributed by atoms with Crippen LogP contribution in [-0.4, -0.2) is 5.11 Å². The Balaban J connectivity index is 2.48. The van der Waals surface area contributed by atoms with Crippen molar-refractivity contribution < 1.29 is 13.9 Å². The molecular weight excluding hydrogens is 224 g/mol. The Hall–Kier alpha value is -1.94. The number of aliphatic hydroxyl groups excluding tert-OH is 1. The van der Waals surface area contributed by atoms with Gasteiger partial charge in [0, 0.05) is 11.1 Å². The second kappa shape index (κ2) is 4.51. The third-order valence-corrected chi connectivity index (χ3v) is 2.58. The molecule has 2 nitrogen and oxygen atoms in total. The normalized spacial score (nSPS) is 12.4. The number of aliphatic hydroxyl groups is 1. The second-order valence-electron chi connectivity index (χ2n) is 3.67. The smallest absolute Gasteiger partial charge is 0.146 e. The summed E-state index contributed by atoms with van der Waals surface area (Å²) in [5, 5.41) is 9.99. The summed E-state index contributed by atoms with van der Waals surface area (Å²) >= 11 is 0. The van der Waals surface area contributed by atoms with Crippen molar-refractivity contribution in [3.63, 3.8) is 0 Å². The molecule has 4 heteroatoms. The first-order chi connectivity index (χ1) is 8.11. The van der Waals surface area contributed by atoms with E-state index in [9.17, 15) is 13.9 Å². The Bertz CT molecular complexity index is 543. The van der Waals surface area contributed by atoms with E-state index in [2.05, 4.69) is 0 Å². The van der Waals surface area contributed by atoms with Gasteiger partial charge in [-0.25, -0.2) is 8.78 Å². The Morgan fingerprint density at radius 2 is 1.47 bits per heavy atom. The number of hydrogen-bond donors (Lipinski definition) is 2. The average molecular weight is 235 g/mol. The highest BCUT2D eigenvalue weighted by Gasteiger charge is 2.18. The number of rotatable bonds is 2. The van der Waals surface area contributed by atoms with Crippen LogP contribution in [0.25, 0.3) is 0 Å². The molecule has 0 aliphatic rings. The maximum Gasteiger partial charge on any atom is 0.146 e. The van der Waals surface area contributed by atoms with E-state index in [1.54, 1.807) is 6.07 Å². The van der Waals surface area contributed by atoms with Gasteiger partial charge in [-0.3, -0.25) is 0 Å². The molecule has 0 saturated heterocycles. The highest BCUT2D eigenvalue weighted by atomic mass is 19.1. The largest absolute Gasteiger partial charge is 0.396 e. The molecule has 88 valence electrons. The van der Waals surface area contributed by atoms with E-state index >= 15 is 0 Å². The van der Waals surface area contributed by atoms with Crippen LogP contribution >= 0.6 is 0 Å². The molecule has 0 spiro atoms. The first-order valence-electron chi connectivity index (χ1n) is 5.07. The highest BCUT2D eigenvalue weighted by Crippen LogP contribution is 2.29. The molecule has 2 rings (SSSR count). The van der Waals surface area contributed by atoms with Crippen LogP contribution in [0.5, 0.6) is 0 Å². The van der Waals surface area contributed by atoms with Gasteiger partial charge in [0.15, 0.2) is 0 Å². The number of nitrogen functional groups attached to an aromatic ring is 1. The van der Waals surface area contributed by atoms with Crippen molar-refractivity contribution in [1.82, 2.24) is 0 Å².